The average Bonchev–Trinajstić information content (AvgIpc) is 2.70. The third-order valence-electron chi connectivity index (χ3n) is 4.66. The molecule has 0 aliphatic heterocycles. The van der Waals surface area contributed by atoms with Crippen molar-refractivity contribution in [2.45, 2.75) is 57.4 Å². The Morgan fingerprint density at radius 3 is 1.97 bits per heavy atom. The molecule has 2 aromatic rings. The number of nitrogens with one attached hydrogen (secondary N) is 2. The number of primary amides is 1. The quantitative estimate of drug-likeness (QED) is 0.464. The molecule has 0 spiro atoms. The summed E-state index contributed by atoms with van der Waals surface area (Å²) in [7, 11) is 0. The standard InChI is InChI=1S/C24H33N3O4/c1-24(2,3)31-23(30)27-19(14-17-10-6-4-7-11-17)21(28)16-26-20(22(25)29)15-18-12-8-5-9-13-18/h4-13,19-21,26,28H,14-16H2,1-3H3,(H2,25,29)(H,27,30)/t19-,20-,21-/m0/s1. The zero-order valence-electron chi connectivity index (χ0n) is 18.4. The van der Waals surface area contributed by atoms with Crippen LogP contribution in [-0.2, 0) is 22.4 Å². The fourth-order valence-electron chi connectivity index (χ4n) is 3.14. The molecule has 31 heavy (non-hydrogen) atoms. The molecule has 0 aliphatic carbocycles. The van der Waals surface area contributed by atoms with E-state index in [2.05, 4.69) is 10.6 Å². The largest absolute Gasteiger partial charge is 0.444 e. The van der Waals surface area contributed by atoms with Gasteiger partial charge in [0.15, 0.2) is 0 Å². The van der Waals surface area contributed by atoms with Crippen molar-refractivity contribution in [1.82, 2.24) is 10.6 Å². The summed E-state index contributed by atoms with van der Waals surface area (Å²) < 4.78 is 5.34. The second-order valence-electron chi connectivity index (χ2n) is 8.56. The van der Waals surface area contributed by atoms with Crippen LogP contribution in [0.15, 0.2) is 60.7 Å². The summed E-state index contributed by atoms with van der Waals surface area (Å²) in [6, 6.07) is 17.8. The minimum Gasteiger partial charge on any atom is -0.444 e. The number of benzene rings is 2. The van der Waals surface area contributed by atoms with Crippen LogP contribution in [-0.4, -0.2) is 47.4 Å². The Morgan fingerprint density at radius 2 is 1.48 bits per heavy atom. The molecule has 0 saturated heterocycles. The number of nitrogens with two attached hydrogens (primary N) is 1. The summed E-state index contributed by atoms with van der Waals surface area (Å²) in [6.45, 7) is 5.40. The van der Waals surface area contributed by atoms with Gasteiger partial charge in [-0.25, -0.2) is 4.79 Å². The third kappa shape index (κ3) is 9.19. The highest BCUT2D eigenvalue weighted by atomic mass is 16.6. The normalized spacial score (nSPS) is 14.3. The van der Waals surface area contributed by atoms with E-state index in [0.29, 0.717) is 12.8 Å². The first-order valence-corrected chi connectivity index (χ1v) is 10.4. The molecule has 0 unspecified atom stereocenters. The first kappa shape index (κ1) is 24.4. The Labute approximate surface area is 184 Å². The fourth-order valence-corrected chi connectivity index (χ4v) is 3.14. The van der Waals surface area contributed by atoms with Gasteiger partial charge in [-0.2, -0.15) is 0 Å². The van der Waals surface area contributed by atoms with E-state index in [1.165, 1.54) is 0 Å². The van der Waals surface area contributed by atoms with Crippen molar-refractivity contribution in [1.29, 1.82) is 0 Å². The number of ether oxygens (including phenoxy) is 1. The molecule has 0 fully saturated rings. The molecule has 2 rings (SSSR count). The second-order valence-corrected chi connectivity index (χ2v) is 8.56. The van der Waals surface area contributed by atoms with Crippen molar-refractivity contribution in [2.75, 3.05) is 6.54 Å². The molecule has 2 aromatic carbocycles. The predicted molar refractivity (Wildman–Crippen MR) is 120 cm³/mol. The van der Waals surface area contributed by atoms with Crippen molar-refractivity contribution in [3.63, 3.8) is 0 Å². The highest BCUT2D eigenvalue weighted by molar-refractivity contribution is 5.80. The van der Waals surface area contributed by atoms with Gasteiger partial charge in [-0.1, -0.05) is 60.7 Å². The molecule has 3 atom stereocenters. The summed E-state index contributed by atoms with van der Waals surface area (Å²) in [5.41, 5.74) is 6.81. The molecule has 7 nitrogen and oxygen atoms in total. The number of rotatable bonds is 10. The highest BCUT2D eigenvalue weighted by Crippen LogP contribution is 2.11. The lowest BCUT2D eigenvalue weighted by Gasteiger charge is -2.28. The lowest BCUT2D eigenvalue weighted by atomic mass is 10.00. The molecule has 0 aliphatic rings. The Bertz CT molecular complexity index is 822. The minimum absolute atomic E-state index is 0.0771. The van der Waals surface area contributed by atoms with E-state index in [4.69, 9.17) is 10.5 Å². The number of hydrogen-bond acceptors (Lipinski definition) is 5. The highest BCUT2D eigenvalue weighted by Gasteiger charge is 2.26. The van der Waals surface area contributed by atoms with Crippen molar-refractivity contribution in [3.8, 4) is 0 Å². The lowest BCUT2D eigenvalue weighted by Crippen LogP contribution is -2.53. The molecule has 0 heterocycles. The molecular formula is C24H33N3O4. The van der Waals surface area contributed by atoms with Crippen LogP contribution in [0.25, 0.3) is 0 Å². The Morgan fingerprint density at radius 1 is 0.968 bits per heavy atom. The number of carbonyl (C=O) groups excluding carboxylic acids is 2. The maximum absolute atomic E-state index is 12.3. The molecule has 0 radical (unpaired) electrons. The number of hydrogen-bond donors (Lipinski definition) is 4. The van der Waals surface area contributed by atoms with Gasteiger partial charge in [0.25, 0.3) is 0 Å². The average molecular weight is 428 g/mol. The molecule has 7 heteroatoms. The van der Waals surface area contributed by atoms with Gasteiger partial charge in [-0.15, -0.1) is 0 Å². The topological polar surface area (TPSA) is 114 Å². The Hall–Kier alpha value is -2.90. The summed E-state index contributed by atoms with van der Waals surface area (Å²) in [5.74, 6) is -0.504. The monoisotopic (exact) mass is 427 g/mol. The van der Waals surface area contributed by atoms with Crippen LogP contribution in [0, 0.1) is 0 Å². The first-order valence-electron chi connectivity index (χ1n) is 10.4. The molecule has 0 aromatic heterocycles. The van der Waals surface area contributed by atoms with Gasteiger partial charge in [0.05, 0.1) is 18.2 Å². The number of carbonyl (C=O) groups is 2. The van der Waals surface area contributed by atoms with Gasteiger partial charge < -0.3 is 26.2 Å². The van der Waals surface area contributed by atoms with Gasteiger partial charge in [-0.3, -0.25) is 4.79 Å². The molecule has 0 saturated carbocycles. The van der Waals surface area contributed by atoms with Gasteiger partial charge in [0, 0.05) is 6.54 Å². The zero-order valence-corrected chi connectivity index (χ0v) is 18.4. The van der Waals surface area contributed by atoms with Crippen LogP contribution in [0.4, 0.5) is 4.79 Å². The molecule has 5 N–H and O–H groups in total. The fraction of sp³-hybridized carbons (Fsp3) is 0.417. The Balaban J connectivity index is 2.04. The van der Waals surface area contributed by atoms with Crippen LogP contribution < -0.4 is 16.4 Å². The van der Waals surface area contributed by atoms with Crippen LogP contribution >= 0.6 is 0 Å². The number of amides is 2. The van der Waals surface area contributed by atoms with Crippen molar-refractivity contribution < 1.29 is 19.4 Å². The number of aliphatic hydroxyl groups is 1. The molecule has 168 valence electrons. The van der Waals surface area contributed by atoms with Crippen molar-refractivity contribution in [2.24, 2.45) is 5.73 Å². The zero-order chi connectivity index (χ0) is 22.9. The van der Waals surface area contributed by atoms with Crippen molar-refractivity contribution >= 4 is 12.0 Å². The number of aliphatic hydroxyl groups excluding tert-OH is 1. The van der Waals surface area contributed by atoms with E-state index in [1.807, 2.05) is 60.7 Å². The molecule has 0 bridgehead atoms. The van der Waals surface area contributed by atoms with Crippen LogP contribution in [0.1, 0.15) is 31.9 Å². The first-order chi connectivity index (χ1) is 14.6. The number of alkyl carbamates (subject to hydrolysis) is 1. The summed E-state index contributed by atoms with van der Waals surface area (Å²) in [5, 5.41) is 16.6. The van der Waals surface area contributed by atoms with E-state index < -0.39 is 35.8 Å². The second kappa shape index (κ2) is 11.5. The van der Waals surface area contributed by atoms with E-state index in [1.54, 1.807) is 20.8 Å². The Kier molecular flexibility index (Phi) is 9.03. The summed E-state index contributed by atoms with van der Waals surface area (Å²) in [4.78, 5) is 24.2. The molecule has 2 amide bonds. The van der Waals surface area contributed by atoms with Crippen molar-refractivity contribution in [3.05, 3.63) is 71.8 Å². The van der Waals surface area contributed by atoms with Gasteiger partial charge in [0.1, 0.15) is 5.60 Å². The van der Waals surface area contributed by atoms with Crippen LogP contribution in [0.2, 0.25) is 0 Å². The summed E-state index contributed by atoms with van der Waals surface area (Å²) >= 11 is 0. The summed E-state index contributed by atoms with van der Waals surface area (Å²) in [6.07, 6.45) is -0.761. The van der Waals surface area contributed by atoms with Gasteiger partial charge in [-0.05, 0) is 44.7 Å². The minimum atomic E-state index is -0.967. The smallest absolute Gasteiger partial charge is 0.407 e. The van der Waals surface area contributed by atoms with E-state index >= 15 is 0 Å². The van der Waals surface area contributed by atoms with Gasteiger partial charge in [0.2, 0.25) is 5.91 Å². The maximum Gasteiger partial charge on any atom is 0.407 e. The van der Waals surface area contributed by atoms with E-state index in [9.17, 15) is 14.7 Å². The van der Waals surface area contributed by atoms with Crippen LogP contribution in [0.5, 0.6) is 0 Å². The predicted octanol–water partition coefficient (Wildman–Crippen LogP) is 2.17. The molecular weight excluding hydrogens is 394 g/mol. The SMILES string of the molecule is CC(C)(C)OC(=O)N[C@@H](Cc1ccccc1)[C@@H](O)CN[C@@H](Cc1ccccc1)C(N)=O. The van der Waals surface area contributed by atoms with E-state index in [0.717, 1.165) is 11.1 Å². The lowest BCUT2D eigenvalue weighted by molar-refractivity contribution is -0.120. The van der Waals surface area contributed by atoms with E-state index in [-0.39, 0.29) is 6.54 Å². The maximum atomic E-state index is 12.3. The third-order valence-corrected chi connectivity index (χ3v) is 4.66. The van der Waals surface area contributed by atoms with Crippen LogP contribution in [0.3, 0.4) is 0 Å². The van der Waals surface area contributed by atoms with Gasteiger partial charge >= 0.3 is 6.09 Å².